The fourth-order valence-corrected chi connectivity index (χ4v) is 4.56. The molecule has 3 aromatic rings. The molecule has 36 heavy (non-hydrogen) atoms. The number of anilines is 1. The number of hydrogen-bond acceptors (Lipinski definition) is 7. The lowest BCUT2D eigenvalue weighted by Crippen LogP contribution is -2.44. The summed E-state index contributed by atoms with van der Waals surface area (Å²) in [4.78, 5) is 15.5. The van der Waals surface area contributed by atoms with Crippen LogP contribution in [0.3, 0.4) is 0 Å². The Morgan fingerprint density at radius 3 is 1.81 bits per heavy atom. The van der Waals surface area contributed by atoms with E-state index in [2.05, 4.69) is 9.88 Å². The third-order valence-electron chi connectivity index (χ3n) is 6.22. The third kappa shape index (κ3) is 4.41. The molecule has 0 spiro atoms. The molecule has 2 amide bonds. The quantitative estimate of drug-likeness (QED) is 0.499. The zero-order valence-electron chi connectivity index (χ0n) is 21.3. The zero-order valence-corrected chi connectivity index (χ0v) is 21.3. The van der Waals surface area contributed by atoms with Crippen LogP contribution in [0.4, 0.5) is 10.5 Å². The first kappa shape index (κ1) is 24.9. The standard InChI is InChI=1S/C26H31N3O7/c1-31-19-12-16(13-20(32-2)24(19)35-5)23-18-8-7-9-28(18)10-11-29(23)26(30)27-17-14-21(33-3)25(36-6)22(15-17)34-4/h7-9,12-15,23H,10-11H2,1-6H3,(H,27,30)/t23-/m0/s1. The van der Waals surface area contributed by atoms with Crippen molar-refractivity contribution in [3.63, 3.8) is 0 Å². The zero-order chi connectivity index (χ0) is 25.8. The van der Waals surface area contributed by atoms with Gasteiger partial charge in [0.05, 0.1) is 54.4 Å². The molecule has 0 bridgehead atoms. The summed E-state index contributed by atoms with van der Waals surface area (Å²) in [5.74, 6) is 2.86. The van der Waals surface area contributed by atoms with Gasteiger partial charge in [-0.25, -0.2) is 4.79 Å². The number of aromatic nitrogens is 1. The minimum absolute atomic E-state index is 0.282. The summed E-state index contributed by atoms with van der Waals surface area (Å²) in [6, 6.07) is 10.4. The van der Waals surface area contributed by atoms with Crippen molar-refractivity contribution >= 4 is 11.7 Å². The molecule has 4 rings (SSSR count). The smallest absolute Gasteiger partial charge is 0.322 e. The van der Waals surface area contributed by atoms with Crippen molar-refractivity contribution in [3.05, 3.63) is 53.9 Å². The van der Waals surface area contributed by atoms with Crippen molar-refractivity contribution in [3.8, 4) is 34.5 Å². The van der Waals surface area contributed by atoms with Crippen LogP contribution in [0.15, 0.2) is 42.6 Å². The average molecular weight is 498 g/mol. The van der Waals surface area contributed by atoms with Gasteiger partial charge >= 0.3 is 6.03 Å². The number of nitrogens with one attached hydrogen (secondary N) is 1. The number of hydrogen-bond donors (Lipinski definition) is 1. The van der Waals surface area contributed by atoms with Gasteiger partial charge in [0.15, 0.2) is 23.0 Å². The van der Waals surface area contributed by atoms with Crippen molar-refractivity contribution in [1.29, 1.82) is 0 Å². The summed E-state index contributed by atoms with van der Waals surface area (Å²) in [5.41, 5.74) is 2.30. The van der Waals surface area contributed by atoms with Gasteiger partial charge in [0.1, 0.15) is 0 Å². The van der Waals surface area contributed by atoms with Crippen molar-refractivity contribution in [1.82, 2.24) is 9.47 Å². The molecule has 192 valence electrons. The summed E-state index contributed by atoms with van der Waals surface area (Å²) >= 11 is 0. The molecule has 1 aliphatic rings. The molecule has 10 heteroatoms. The fraction of sp³-hybridized carbons (Fsp3) is 0.346. The molecule has 0 saturated carbocycles. The van der Waals surface area contributed by atoms with E-state index in [0.29, 0.717) is 53.3 Å². The van der Waals surface area contributed by atoms with E-state index in [-0.39, 0.29) is 6.03 Å². The van der Waals surface area contributed by atoms with E-state index in [4.69, 9.17) is 28.4 Å². The molecule has 10 nitrogen and oxygen atoms in total. The Morgan fingerprint density at radius 1 is 0.778 bits per heavy atom. The number of nitrogens with zero attached hydrogens (tertiary/aromatic N) is 2. The van der Waals surface area contributed by atoms with Crippen LogP contribution in [0.2, 0.25) is 0 Å². The second-order valence-corrected chi connectivity index (χ2v) is 8.03. The Hall–Kier alpha value is -4.21. The van der Waals surface area contributed by atoms with E-state index in [1.807, 2.05) is 30.5 Å². The number of amides is 2. The van der Waals surface area contributed by atoms with E-state index >= 15 is 0 Å². The molecule has 1 aromatic heterocycles. The van der Waals surface area contributed by atoms with Crippen LogP contribution in [-0.2, 0) is 6.54 Å². The Bertz CT molecular complexity index is 1190. The van der Waals surface area contributed by atoms with E-state index < -0.39 is 6.04 Å². The second kappa shape index (κ2) is 10.6. The predicted molar refractivity (Wildman–Crippen MR) is 134 cm³/mol. The first-order valence-corrected chi connectivity index (χ1v) is 11.3. The van der Waals surface area contributed by atoms with Crippen LogP contribution < -0.4 is 33.7 Å². The fourth-order valence-electron chi connectivity index (χ4n) is 4.56. The van der Waals surface area contributed by atoms with Gasteiger partial charge in [0.2, 0.25) is 11.5 Å². The molecule has 2 aromatic carbocycles. The molecule has 1 aliphatic heterocycles. The second-order valence-electron chi connectivity index (χ2n) is 8.03. The van der Waals surface area contributed by atoms with Gasteiger partial charge in [-0.1, -0.05) is 0 Å². The largest absolute Gasteiger partial charge is 0.493 e. The van der Waals surface area contributed by atoms with Gasteiger partial charge in [-0.2, -0.15) is 0 Å². The first-order valence-electron chi connectivity index (χ1n) is 11.3. The van der Waals surface area contributed by atoms with Crippen molar-refractivity contribution < 1.29 is 33.2 Å². The van der Waals surface area contributed by atoms with Crippen LogP contribution in [0.1, 0.15) is 17.3 Å². The molecule has 1 N–H and O–H groups in total. The number of carbonyl (C=O) groups is 1. The number of fused-ring (bicyclic) bond motifs is 1. The summed E-state index contributed by atoms with van der Waals surface area (Å²) in [6.45, 7) is 1.14. The normalized spacial score (nSPS) is 14.5. The molecule has 0 fully saturated rings. The maximum absolute atomic E-state index is 13.7. The highest BCUT2D eigenvalue weighted by molar-refractivity contribution is 5.91. The van der Waals surface area contributed by atoms with E-state index in [1.165, 1.54) is 21.3 Å². The third-order valence-corrected chi connectivity index (χ3v) is 6.22. The van der Waals surface area contributed by atoms with Gasteiger partial charge in [-0.3, -0.25) is 0 Å². The van der Waals surface area contributed by atoms with Crippen molar-refractivity contribution in [2.75, 3.05) is 54.5 Å². The maximum Gasteiger partial charge on any atom is 0.322 e. The monoisotopic (exact) mass is 497 g/mol. The molecule has 2 heterocycles. The summed E-state index contributed by atoms with van der Waals surface area (Å²) in [7, 11) is 9.29. The first-order chi connectivity index (χ1) is 17.5. The van der Waals surface area contributed by atoms with E-state index in [0.717, 1.165) is 11.3 Å². The Kier molecular flexibility index (Phi) is 7.33. The van der Waals surface area contributed by atoms with Crippen LogP contribution in [0.5, 0.6) is 34.5 Å². The van der Waals surface area contributed by atoms with Gasteiger partial charge in [0, 0.05) is 37.1 Å². The molecule has 0 radical (unpaired) electrons. The lowest BCUT2D eigenvalue weighted by atomic mass is 9.99. The molecular weight excluding hydrogens is 466 g/mol. The van der Waals surface area contributed by atoms with Crippen LogP contribution in [0, 0.1) is 0 Å². The minimum Gasteiger partial charge on any atom is -0.493 e. The van der Waals surface area contributed by atoms with Crippen LogP contribution in [0.25, 0.3) is 0 Å². The highest BCUT2D eigenvalue weighted by atomic mass is 16.5. The predicted octanol–water partition coefficient (Wildman–Crippen LogP) is 4.18. The number of methoxy groups -OCH3 is 6. The van der Waals surface area contributed by atoms with E-state index in [9.17, 15) is 4.79 Å². The van der Waals surface area contributed by atoms with Crippen molar-refractivity contribution in [2.45, 2.75) is 12.6 Å². The number of rotatable bonds is 8. The number of benzene rings is 2. The topological polar surface area (TPSA) is 92.7 Å². The highest BCUT2D eigenvalue weighted by Crippen LogP contribution is 2.44. The van der Waals surface area contributed by atoms with Gasteiger partial charge in [0.25, 0.3) is 0 Å². The Balaban J connectivity index is 1.74. The molecule has 1 atom stereocenters. The number of urea groups is 1. The number of carbonyl (C=O) groups excluding carboxylic acids is 1. The molecule has 0 unspecified atom stereocenters. The van der Waals surface area contributed by atoms with Gasteiger partial charge < -0.3 is 43.2 Å². The van der Waals surface area contributed by atoms with Gasteiger partial charge in [-0.15, -0.1) is 0 Å². The Morgan fingerprint density at radius 2 is 1.31 bits per heavy atom. The molecule has 0 saturated heterocycles. The number of ether oxygens (including phenoxy) is 6. The molecular formula is C26H31N3O7. The Labute approximate surface area is 210 Å². The lowest BCUT2D eigenvalue weighted by Gasteiger charge is -2.37. The van der Waals surface area contributed by atoms with Crippen LogP contribution in [-0.4, -0.2) is 64.7 Å². The SMILES string of the molecule is COc1cc(NC(=O)N2CCn3cccc3[C@@H]2c2cc(OC)c(OC)c(OC)c2)cc(OC)c1OC. The van der Waals surface area contributed by atoms with Crippen LogP contribution >= 0.6 is 0 Å². The summed E-state index contributed by atoms with van der Waals surface area (Å²) < 4.78 is 35.0. The maximum atomic E-state index is 13.7. The van der Waals surface area contributed by atoms with Crippen molar-refractivity contribution in [2.24, 2.45) is 0 Å². The summed E-state index contributed by atoms with van der Waals surface area (Å²) in [5, 5.41) is 2.99. The highest BCUT2D eigenvalue weighted by Gasteiger charge is 2.34. The lowest BCUT2D eigenvalue weighted by molar-refractivity contribution is 0.181. The molecule has 0 aliphatic carbocycles. The van der Waals surface area contributed by atoms with E-state index in [1.54, 1.807) is 38.4 Å². The summed E-state index contributed by atoms with van der Waals surface area (Å²) in [6.07, 6.45) is 2.01. The average Bonchev–Trinajstić information content (AvgIpc) is 3.39. The van der Waals surface area contributed by atoms with Gasteiger partial charge in [-0.05, 0) is 29.8 Å². The minimum atomic E-state index is -0.399.